The average molecular weight is 398 g/mol. The zero-order chi connectivity index (χ0) is 19.7. The van der Waals surface area contributed by atoms with E-state index in [9.17, 15) is 13.2 Å². The number of carbonyl (C=O) groups is 1. The Morgan fingerprint density at radius 1 is 1.26 bits per heavy atom. The minimum absolute atomic E-state index is 0.0995. The first-order valence-electron chi connectivity index (χ1n) is 8.99. The maximum absolute atomic E-state index is 12.9. The van der Waals surface area contributed by atoms with Gasteiger partial charge in [0.25, 0.3) is 0 Å². The second-order valence-corrected chi connectivity index (χ2v) is 9.40. The van der Waals surface area contributed by atoms with Gasteiger partial charge >= 0.3 is 0 Å². The van der Waals surface area contributed by atoms with Crippen LogP contribution in [0.5, 0.6) is 0 Å². The third kappa shape index (κ3) is 4.41. The summed E-state index contributed by atoms with van der Waals surface area (Å²) in [5.74, 6) is -1.38. The van der Waals surface area contributed by atoms with E-state index in [-0.39, 0.29) is 23.2 Å². The molecule has 8 heteroatoms. The second kappa shape index (κ2) is 7.97. The number of ether oxygens (including phenoxy) is 4. The van der Waals surface area contributed by atoms with Crippen LogP contribution in [0.3, 0.4) is 0 Å². The maximum atomic E-state index is 12.9. The highest BCUT2D eigenvalue weighted by Gasteiger charge is 2.52. The maximum Gasteiger partial charge on any atom is 0.178 e. The number of rotatable bonds is 7. The Hall–Kier alpha value is -1.32. The lowest BCUT2D eigenvalue weighted by Crippen LogP contribution is -2.41. The molecule has 150 valence electrons. The zero-order valence-electron chi connectivity index (χ0n) is 15.7. The molecule has 27 heavy (non-hydrogen) atoms. The van der Waals surface area contributed by atoms with E-state index in [0.717, 1.165) is 6.29 Å². The summed E-state index contributed by atoms with van der Waals surface area (Å²) in [5, 5.41) is 0. The molecule has 5 atom stereocenters. The highest BCUT2D eigenvalue weighted by Crippen LogP contribution is 2.38. The summed E-state index contributed by atoms with van der Waals surface area (Å²) in [7, 11) is -2.03. The Morgan fingerprint density at radius 2 is 1.96 bits per heavy atom. The van der Waals surface area contributed by atoms with E-state index in [0.29, 0.717) is 6.61 Å². The fourth-order valence-electron chi connectivity index (χ4n) is 3.83. The third-order valence-electron chi connectivity index (χ3n) is 5.07. The van der Waals surface area contributed by atoms with Gasteiger partial charge in [-0.1, -0.05) is 18.2 Å². The van der Waals surface area contributed by atoms with E-state index in [2.05, 4.69) is 0 Å². The first kappa shape index (κ1) is 20.4. The quantitative estimate of drug-likeness (QED) is 0.645. The molecule has 2 heterocycles. The normalized spacial score (nSPS) is 33.2. The highest BCUT2D eigenvalue weighted by molar-refractivity contribution is 7.91. The number of hydrogen-bond donors (Lipinski definition) is 0. The van der Waals surface area contributed by atoms with E-state index in [4.69, 9.17) is 18.9 Å². The minimum atomic E-state index is -3.56. The van der Waals surface area contributed by atoms with Crippen LogP contribution in [0.2, 0.25) is 0 Å². The summed E-state index contributed by atoms with van der Waals surface area (Å²) in [4.78, 5) is 11.4. The van der Waals surface area contributed by atoms with Crippen LogP contribution in [0.1, 0.15) is 20.3 Å². The molecular formula is C19H26O7S. The van der Waals surface area contributed by atoms with Gasteiger partial charge in [0.15, 0.2) is 15.6 Å². The lowest BCUT2D eigenvalue weighted by Gasteiger charge is -2.26. The molecule has 2 aliphatic heterocycles. The van der Waals surface area contributed by atoms with Gasteiger partial charge in [0.2, 0.25) is 0 Å². The van der Waals surface area contributed by atoms with Crippen LogP contribution in [0.25, 0.3) is 0 Å². The fraction of sp³-hybridized carbons (Fsp3) is 0.632. The van der Waals surface area contributed by atoms with Crippen molar-refractivity contribution >= 4 is 16.1 Å². The average Bonchev–Trinajstić information content (AvgIpc) is 3.15. The number of benzene rings is 1. The van der Waals surface area contributed by atoms with E-state index in [1.165, 1.54) is 7.11 Å². The van der Waals surface area contributed by atoms with Gasteiger partial charge < -0.3 is 23.7 Å². The van der Waals surface area contributed by atoms with Crippen molar-refractivity contribution in [2.45, 2.75) is 55.4 Å². The predicted molar refractivity (Wildman–Crippen MR) is 97.0 cm³/mol. The van der Waals surface area contributed by atoms with Crippen molar-refractivity contribution in [3.05, 3.63) is 30.3 Å². The van der Waals surface area contributed by atoms with Crippen molar-refractivity contribution in [2.75, 3.05) is 19.5 Å². The van der Waals surface area contributed by atoms with Crippen molar-refractivity contribution in [1.82, 2.24) is 0 Å². The van der Waals surface area contributed by atoms with E-state index in [1.54, 1.807) is 30.3 Å². The van der Waals surface area contributed by atoms with Gasteiger partial charge in [0.05, 0.1) is 29.5 Å². The number of sulfone groups is 1. The van der Waals surface area contributed by atoms with Gasteiger partial charge in [-0.05, 0) is 26.0 Å². The number of carbonyl (C=O) groups excluding carboxylic acids is 1. The zero-order valence-corrected chi connectivity index (χ0v) is 16.6. The van der Waals surface area contributed by atoms with Crippen molar-refractivity contribution in [3.63, 3.8) is 0 Å². The summed E-state index contributed by atoms with van der Waals surface area (Å²) in [5.41, 5.74) is 0. The first-order chi connectivity index (χ1) is 12.8. The van der Waals surface area contributed by atoms with Crippen LogP contribution in [0.15, 0.2) is 35.2 Å². The van der Waals surface area contributed by atoms with E-state index < -0.39 is 39.9 Å². The Morgan fingerprint density at radius 3 is 2.52 bits per heavy atom. The van der Waals surface area contributed by atoms with Gasteiger partial charge in [0.1, 0.15) is 18.5 Å². The van der Waals surface area contributed by atoms with Gasteiger partial charge in [-0.15, -0.1) is 0 Å². The largest absolute Gasteiger partial charge is 0.378 e. The van der Waals surface area contributed by atoms with Crippen LogP contribution < -0.4 is 0 Å². The van der Waals surface area contributed by atoms with Crippen LogP contribution in [0, 0.1) is 5.92 Å². The van der Waals surface area contributed by atoms with E-state index in [1.807, 2.05) is 13.8 Å². The molecule has 0 saturated carbocycles. The Bertz CT molecular complexity index is 747. The van der Waals surface area contributed by atoms with E-state index >= 15 is 0 Å². The molecule has 0 aromatic heterocycles. The SMILES string of the molecule is CO[C@@H]1[C@@H](CS(=O)(=O)c2ccccc2)[C@H](CC=O)O[C@@H]1C1COC(C)(C)O1. The molecule has 0 spiro atoms. The van der Waals surface area contributed by atoms with Gasteiger partial charge in [0, 0.05) is 19.4 Å². The number of aldehydes is 1. The Kier molecular flexibility index (Phi) is 6.02. The molecular weight excluding hydrogens is 372 g/mol. The standard InChI is InChI=1S/C19H26O7S/c1-19(2)24-11-16(26-19)18-17(23-3)14(15(25-18)9-10-20)12-27(21,22)13-7-5-4-6-8-13/h4-8,10,14-18H,9,11-12H2,1-3H3/t14-,15-,16?,17+,18+/m0/s1. The summed E-state index contributed by atoms with van der Waals surface area (Å²) < 4.78 is 48.9. The molecule has 0 amide bonds. The molecule has 0 bridgehead atoms. The molecule has 2 saturated heterocycles. The molecule has 1 unspecified atom stereocenters. The van der Waals surface area contributed by atoms with Crippen molar-refractivity contribution in [3.8, 4) is 0 Å². The molecule has 0 N–H and O–H groups in total. The molecule has 1 aromatic carbocycles. The lowest BCUT2D eigenvalue weighted by atomic mass is 9.94. The van der Waals surface area contributed by atoms with Gasteiger partial charge in [-0.25, -0.2) is 8.42 Å². The molecule has 1 aromatic rings. The topological polar surface area (TPSA) is 88.1 Å². The molecule has 2 fully saturated rings. The monoisotopic (exact) mass is 398 g/mol. The first-order valence-corrected chi connectivity index (χ1v) is 10.6. The van der Waals surface area contributed by atoms with Crippen LogP contribution in [0.4, 0.5) is 0 Å². The number of methoxy groups -OCH3 is 1. The summed E-state index contributed by atoms with van der Waals surface area (Å²) in [6.07, 6.45) is -1.11. The van der Waals surface area contributed by atoms with Crippen LogP contribution in [-0.4, -0.2) is 64.4 Å². The Labute approximate surface area is 159 Å². The third-order valence-corrected chi connectivity index (χ3v) is 6.88. The Balaban J connectivity index is 1.84. The smallest absolute Gasteiger partial charge is 0.178 e. The molecule has 0 radical (unpaired) electrons. The number of hydrogen-bond acceptors (Lipinski definition) is 7. The van der Waals surface area contributed by atoms with Crippen LogP contribution >= 0.6 is 0 Å². The van der Waals surface area contributed by atoms with Crippen LogP contribution in [-0.2, 0) is 33.6 Å². The fourth-order valence-corrected chi connectivity index (χ4v) is 5.50. The second-order valence-electron chi connectivity index (χ2n) is 7.37. The molecule has 3 rings (SSSR count). The van der Waals surface area contributed by atoms with Gasteiger partial charge in [-0.3, -0.25) is 0 Å². The van der Waals surface area contributed by atoms with Crippen molar-refractivity contribution in [1.29, 1.82) is 0 Å². The predicted octanol–water partition coefficient (Wildman–Crippen LogP) is 1.60. The summed E-state index contributed by atoms with van der Waals surface area (Å²) >= 11 is 0. The van der Waals surface area contributed by atoms with Gasteiger partial charge in [-0.2, -0.15) is 0 Å². The highest BCUT2D eigenvalue weighted by atomic mass is 32.2. The minimum Gasteiger partial charge on any atom is -0.378 e. The van der Waals surface area contributed by atoms with Crippen molar-refractivity contribution < 1.29 is 32.2 Å². The lowest BCUT2D eigenvalue weighted by molar-refractivity contribution is -0.163. The summed E-state index contributed by atoms with van der Waals surface area (Å²) in [6.45, 7) is 3.94. The molecule has 0 aliphatic carbocycles. The summed E-state index contributed by atoms with van der Waals surface area (Å²) in [6, 6.07) is 8.26. The molecule has 7 nitrogen and oxygen atoms in total. The van der Waals surface area contributed by atoms with Crippen molar-refractivity contribution in [2.24, 2.45) is 5.92 Å². The molecule has 2 aliphatic rings.